The second-order valence-electron chi connectivity index (χ2n) is 4.72. The number of rotatable bonds is 7. The van der Waals surface area contributed by atoms with Gasteiger partial charge in [0.1, 0.15) is 0 Å². The van der Waals surface area contributed by atoms with Crippen LogP contribution in [0.15, 0.2) is 0 Å². The van der Waals surface area contributed by atoms with E-state index in [0.717, 1.165) is 6.42 Å². The van der Waals surface area contributed by atoms with Crippen LogP contribution in [0.4, 0.5) is 0 Å². The van der Waals surface area contributed by atoms with Gasteiger partial charge in [-0.05, 0) is 18.8 Å². The maximum Gasteiger partial charge on any atom is 0.223 e. The summed E-state index contributed by atoms with van der Waals surface area (Å²) in [5.41, 5.74) is 0. The van der Waals surface area contributed by atoms with Gasteiger partial charge in [0.25, 0.3) is 0 Å². The van der Waals surface area contributed by atoms with E-state index in [1.165, 1.54) is 0 Å². The fraction of sp³-hybridized carbons (Fsp3) is 0.833. The molecule has 0 bridgehead atoms. The van der Waals surface area contributed by atoms with Gasteiger partial charge in [0.2, 0.25) is 11.8 Å². The van der Waals surface area contributed by atoms with Crippen LogP contribution in [0.25, 0.3) is 0 Å². The SMILES string of the molecule is CC[C@H](CO)NC(=O)CCNC(=O)C1CC1C. The Kier molecular flexibility index (Phi) is 5.41. The van der Waals surface area contributed by atoms with E-state index in [4.69, 9.17) is 5.11 Å². The molecule has 5 nitrogen and oxygen atoms in total. The summed E-state index contributed by atoms with van der Waals surface area (Å²) in [6.45, 7) is 4.27. The highest BCUT2D eigenvalue weighted by atomic mass is 16.3. The molecule has 0 aliphatic heterocycles. The second kappa shape index (κ2) is 6.59. The minimum atomic E-state index is -0.179. The quantitative estimate of drug-likeness (QED) is 0.589. The lowest BCUT2D eigenvalue weighted by atomic mass is 10.2. The normalized spacial score (nSPS) is 23.9. The van der Waals surface area contributed by atoms with E-state index in [-0.39, 0.29) is 36.8 Å². The van der Waals surface area contributed by atoms with Crippen LogP contribution in [0, 0.1) is 11.8 Å². The standard InChI is InChI=1S/C12H22N2O3/c1-3-9(7-15)14-11(16)4-5-13-12(17)10-6-8(10)2/h8-10,15H,3-7H2,1-2H3,(H,13,17)(H,14,16)/t8?,9-,10?/m1/s1. The van der Waals surface area contributed by atoms with Gasteiger partial charge in [-0.3, -0.25) is 9.59 Å². The third kappa shape index (κ3) is 4.73. The van der Waals surface area contributed by atoms with Crippen LogP contribution < -0.4 is 10.6 Å². The first kappa shape index (κ1) is 14.0. The first-order valence-electron chi connectivity index (χ1n) is 6.26. The molecule has 98 valence electrons. The first-order chi connectivity index (χ1) is 8.08. The molecule has 0 aromatic heterocycles. The zero-order valence-electron chi connectivity index (χ0n) is 10.5. The van der Waals surface area contributed by atoms with E-state index in [1.807, 2.05) is 13.8 Å². The monoisotopic (exact) mass is 242 g/mol. The fourth-order valence-corrected chi connectivity index (χ4v) is 1.69. The van der Waals surface area contributed by atoms with Crippen molar-refractivity contribution >= 4 is 11.8 Å². The zero-order valence-corrected chi connectivity index (χ0v) is 10.5. The summed E-state index contributed by atoms with van der Waals surface area (Å²) >= 11 is 0. The minimum Gasteiger partial charge on any atom is -0.394 e. The van der Waals surface area contributed by atoms with Gasteiger partial charge in [0.15, 0.2) is 0 Å². The molecule has 0 saturated heterocycles. The summed E-state index contributed by atoms with van der Waals surface area (Å²) in [6, 6.07) is -0.179. The Morgan fingerprint density at radius 2 is 2.12 bits per heavy atom. The van der Waals surface area contributed by atoms with Gasteiger partial charge in [-0.25, -0.2) is 0 Å². The second-order valence-corrected chi connectivity index (χ2v) is 4.72. The Labute approximate surface area is 102 Å². The summed E-state index contributed by atoms with van der Waals surface area (Å²) in [6.07, 6.45) is 1.93. The van der Waals surface area contributed by atoms with Gasteiger partial charge in [-0.2, -0.15) is 0 Å². The molecule has 2 amide bonds. The number of hydrogen-bond donors (Lipinski definition) is 3. The summed E-state index contributed by atoms with van der Waals surface area (Å²) in [5.74, 6) is 0.566. The fourth-order valence-electron chi connectivity index (χ4n) is 1.69. The maximum absolute atomic E-state index is 11.4. The average molecular weight is 242 g/mol. The van der Waals surface area contributed by atoms with Crippen molar-refractivity contribution < 1.29 is 14.7 Å². The molecule has 1 aliphatic carbocycles. The van der Waals surface area contributed by atoms with Crippen molar-refractivity contribution in [3.8, 4) is 0 Å². The molecule has 3 atom stereocenters. The minimum absolute atomic E-state index is 0.0474. The Morgan fingerprint density at radius 1 is 1.47 bits per heavy atom. The van der Waals surface area contributed by atoms with Crippen molar-refractivity contribution in [1.82, 2.24) is 10.6 Å². The molecule has 0 spiro atoms. The van der Waals surface area contributed by atoms with Crippen LogP contribution in [0.5, 0.6) is 0 Å². The highest BCUT2D eigenvalue weighted by Crippen LogP contribution is 2.37. The number of hydrogen-bond acceptors (Lipinski definition) is 3. The molecule has 17 heavy (non-hydrogen) atoms. The van der Waals surface area contributed by atoms with E-state index < -0.39 is 0 Å². The van der Waals surface area contributed by atoms with E-state index in [1.54, 1.807) is 0 Å². The summed E-state index contributed by atoms with van der Waals surface area (Å²) in [4.78, 5) is 22.9. The summed E-state index contributed by atoms with van der Waals surface area (Å²) in [5, 5.41) is 14.4. The van der Waals surface area contributed by atoms with E-state index >= 15 is 0 Å². The molecule has 3 N–H and O–H groups in total. The number of aliphatic hydroxyl groups is 1. The smallest absolute Gasteiger partial charge is 0.223 e. The van der Waals surface area contributed by atoms with Crippen molar-refractivity contribution in [3.05, 3.63) is 0 Å². The number of carbonyl (C=O) groups is 2. The Balaban J connectivity index is 2.09. The van der Waals surface area contributed by atoms with Crippen molar-refractivity contribution in [2.24, 2.45) is 11.8 Å². The lowest BCUT2D eigenvalue weighted by Gasteiger charge is -2.13. The Hall–Kier alpha value is -1.10. The molecule has 1 saturated carbocycles. The lowest BCUT2D eigenvalue weighted by Crippen LogP contribution is -2.39. The van der Waals surface area contributed by atoms with Crippen molar-refractivity contribution in [2.75, 3.05) is 13.2 Å². The van der Waals surface area contributed by atoms with Gasteiger partial charge >= 0.3 is 0 Å². The van der Waals surface area contributed by atoms with Crippen LogP contribution in [-0.2, 0) is 9.59 Å². The molecule has 5 heteroatoms. The van der Waals surface area contributed by atoms with Crippen molar-refractivity contribution in [2.45, 2.75) is 39.2 Å². The van der Waals surface area contributed by atoms with E-state index in [0.29, 0.717) is 18.9 Å². The summed E-state index contributed by atoms with van der Waals surface area (Å²) in [7, 11) is 0. The number of amides is 2. The highest BCUT2D eigenvalue weighted by Gasteiger charge is 2.38. The maximum atomic E-state index is 11.4. The van der Waals surface area contributed by atoms with Gasteiger partial charge in [0, 0.05) is 18.9 Å². The molecule has 1 rings (SSSR count). The van der Waals surface area contributed by atoms with Crippen LogP contribution in [0.1, 0.15) is 33.1 Å². The first-order valence-corrected chi connectivity index (χ1v) is 6.26. The molecule has 0 aromatic rings. The van der Waals surface area contributed by atoms with Crippen LogP contribution in [-0.4, -0.2) is 36.1 Å². The van der Waals surface area contributed by atoms with E-state index in [2.05, 4.69) is 10.6 Å². The van der Waals surface area contributed by atoms with Gasteiger partial charge < -0.3 is 15.7 Å². The van der Waals surface area contributed by atoms with Crippen molar-refractivity contribution in [1.29, 1.82) is 0 Å². The molecule has 0 radical (unpaired) electrons. The zero-order chi connectivity index (χ0) is 12.8. The number of nitrogens with one attached hydrogen (secondary N) is 2. The van der Waals surface area contributed by atoms with Crippen LogP contribution in [0.3, 0.4) is 0 Å². The van der Waals surface area contributed by atoms with E-state index in [9.17, 15) is 9.59 Å². The van der Waals surface area contributed by atoms with Gasteiger partial charge in [0.05, 0.1) is 12.6 Å². The average Bonchev–Trinajstić information content (AvgIpc) is 3.03. The molecule has 1 fully saturated rings. The molecule has 0 aromatic carbocycles. The van der Waals surface area contributed by atoms with Crippen LogP contribution >= 0.6 is 0 Å². The third-order valence-electron chi connectivity index (χ3n) is 3.18. The molecule has 2 unspecified atom stereocenters. The summed E-state index contributed by atoms with van der Waals surface area (Å²) < 4.78 is 0. The van der Waals surface area contributed by atoms with Crippen LogP contribution in [0.2, 0.25) is 0 Å². The highest BCUT2D eigenvalue weighted by molar-refractivity contribution is 5.82. The number of carbonyl (C=O) groups excluding carboxylic acids is 2. The lowest BCUT2D eigenvalue weighted by molar-refractivity contribution is -0.123. The molecule has 1 aliphatic rings. The Morgan fingerprint density at radius 3 is 2.59 bits per heavy atom. The topological polar surface area (TPSA) is 78.4 Å². The molecular weight excluding hydrogens is 220 g/mol. The third-order valence-corrected chi connectivity index (χ3v) is 3.18. The molecule has 0 heterocycles. The van der Waals surface area contributed by atoms with Gasteiger partial charge in [-0.15, -0.1) is 0 Å². The molecular formula is C12H22N2O3. The van der Waals surface area contributed by atoms with Crippen molar-refractivity contribution in [3.63, 3.8) is 0 Å². The predicted octanol–water partition coefficient (Wildman–Crippen LogP) is 0.0358. The van der Waals surface area contributed by atoms with Gasteiger partial charge in [-0.1, -0.05) is 13.8 Å². The number of aliphatic hydroxyl groups excluding tert-OH is 1. The Bertz CT molecular complexity index is 277. The largest absolute Gasteiger partial charge is 0.394 e. The predicted molar refractivity (Wildman–Crippen MR) is 64.2 cm³/mol.